The van der Waals surface area contributed by atoms with Crippen molar-refractivity contribution >= 4 is 22.9 Å². The predicted molar refractivity (Wildman–Crippen MR) is 54.3 cm³/mol. The van der Waals surface area contributed by atoms with Gasteiger partial charge >= 0.3 is 0 Å². The highest BCUT2D eigenvalue weighted by Crippen LogP contribution is 2.17. The van der Waals surface area contributed by atoms with E-state index in [9.17, 15) is 9.18 Å². The average molecular weight is 205 g/mol. The van der Waals surface area contributed by atoms with Crippen LogP contribution in [0.3, 0.4) is 0 Å². The monoisotopic (exact) mass is 205 g/mol. The van der Waals surface area contributed by atoms with E-state index in [2.05, 4.69) is 10.2 Å². The summed E-state index contributed by atoms with van der Waals surface area (Å²) in [5, 5.41) is 7.16. The van der Waals surface area contributed by atoms with E-state index in [-0.39, 0.29) is 0 Å². The SMILES string of the molecule is NC(=O)C=Cc1cc2[nH]ncc2cc1F. The lowest BCUT2D eigenvalue weighted by molar-refractivity contribution is -0.113. The number of H-pyrrole nitrogens is 1. The van der Waals surface area contributed by atoms with Crippen molar-refractivity contribution in [1.29, 1.82) is 0 Å². The zero-order valence-electron chi connectivity index (χ0n) is 7.70. The van der Waals surface area contributed by atoms with Gasteiger partial charge in [0.25, 0.3) is 0 Å². The molecule has 1 aromatic heterocycles. The van der Waals surface area contributed by atoms with Gasteiger partial charge in [-0.2, -0.15) is 5.10 Å². The maximum absolute atomic E-state index is 13.4. The van der Waals surface area contributed by atoms with E-state index in [1.54, 1.807) is 6.07 Å². The number of rotatable bonds is 2. The number of nitrogens with two attached hydrogens (primary N) is 1. The summed E-state index contributed by atoms with van der Waals surface area (Å²) in [6.07, 6.45) is 3.97. The normalized spacial score (nSPS) is 11.3. The Hall–Kier alpha value is -2.17. The maximum Gasteiger partial charge on any atom is 0.241 e. The van der Waals surface area contributed by atoms with Crippen LogP contribution in [0.2, 0.25) is 0 Å². The first-order valence-corrected chi connectivity index (χ1v) is 4.27. The second kappa shape index (κ2) is 3.53. The number of nitrogens with one attached hydrogen (secondary N) is 1. The smallest absolute Gasteiger partial charge is 0.241 e. The van der Waals surface area contributed by atoms with Gasteiger partial charge in [0, 0.05) is 17.0 Å². The maximum atomic E-state index is 13.4. The van der Waals surface area contributed by atoms with Crippen molar-refractivity contribution in [3.8, 4) is 0 Å². The van der Waals surface area contributed by atoms with Gasteiger partial charge in [-0.1, -0.05) is 0 Å². The van der Waals surface area contributed by atoms with Crippen LogP contribution >= 0.6 is 0 Å². The molecule has 0 atom stereocenters. The summed E-state index contributed by atoms with van der Waals surface area (Å²) in [7, 11) is 0. The fourth-order valence-electron chi connectivity index (χ4n) is 1.28. The molecule has 0 aliphatic heterocycles. The quantitative estimate of drug-likeness (QED) is 0.723. The lowest BCUT2D eigenvalue weighted by Crippen LogP contribution is -2.05. The largest absolute Gasteiger partial charge is 0.366 e. The molecule has 0 spiro atoms. The number of hydrogen-bond acceptors (Lipinski definition) is 2. The summed E-state index contributed by atoms with van der Waals surface area (Å²) in [4.78, 5) is 10.5. The van der Waals surface area contributed by atoms with Crippen molar-refractivity contribution in [2.75, 3.05) is 0 Å². The first kappa shape index (κ1) is 9.39. The van der Waals surface area contributed by atoms with Crippen molar-refractivity contribution in [3.05, 3.63) is 35.8 Å². The lowest BCUT2D eigenvalue weighted by Gasteiger charge is -1.96. The van der Waals surface area contributed by atoms with Crippen molar-refractivity contribution in [2.24, 2.45) is 5.73 Å². The van der Waals surface area contributed by atoms with E-state index in [0.717, 1.165) is 6.08 Å². The zero-order valence-corrected chi connectivity index (χ0v) is 7.70. The average Bonchev–Trinajstić information content (AvgIpc) is 2.60. The Kier molecular flexibility index (Phi) is 2.21. The summed E-state index contributed by atoms with van der Waals surface area (Å²) < 4.78 is 13.4. The Morgan fingerprint density at radius 2 is 2.33 bits per heavy atom. The summed E-state index contributed by atoms with van der Waals surface area (Å²) in [5.41, 5.74) is 5.92. The minimum atomic E-state index is -0.612. The van der Waals surface area contributed by atoms with E-state index < -0.39 is 11.7 Å². The molecule has 2 aromatic rings. The summed E-state index contributed by atoms with van der Waals surface area (Å²) in [6.45, 7) is 0. The van der Waals surface area contributed by atoms with Crippen molar-refractivity contribution in [3.63, 3.8) is 0 Å². The number of benzene rings is 1. The Morgan fingerprint density at radius 1 is 1.53 bits per heavy atom. The van der Waals surface area contributed by atoms with E-state index in [1.807, 2.05) is 0 Å². The van der Waals surface area contributed by atoms with Gasteiger partial charge in [0.2, 0.25) is 5.91 Å². The van der Waals surface area contributed by atoms with Crippen LogP contribution in [0.4, 0.5) is 4.39 Å². The van der Waals surface area contributed by atoms with E-state index in [0.29, 0.717) is 16.5 Å². The highest BCUT2D eigenvalue weighted by atomic mass is 19.1. The summed E-state index contributed by atoms with van der Waals surface area (Å²) >= 11 is 0. The summed E-state index contributed by atoms with van der Waals surface area (Å²) in [6, 6.07) is 2.91. The lowest BCUT2D eigenvalue weighted by atomic mass is 10.1. The Balaban J connectivity index is 2.50. The summed E-state index contributed by atoms with van der Waals surface area (Å²) in [5.74, 6) is -1.03. The Bertz CT molecular complexity index is 545. The van der Waals surface area contributed by atoms with Gasteiger partial charge in [0.05, 0.1) is 11.7 Å². The number of halogens is 1. The number of nitrogens with zero attached hydrogens (tertiary/aromatic N) is 1. The van der Waals surface area contributed by atoms with Gasteiger partial charge in [-0.3, -0.25) is 9.89 Å². The molecule has 1 aromatic carbocycles. The number of aromatic nitrogens is 2. The number of carbonyl (C=O) groups excluding carboxylic acids is 1. The molecular weight excluding hydrogens is 197 g/mol. The minimum Gasteiger partial charge on any atom is -0.366 e. The van der Waals surface area contributed by atoms with Gasteiger partial charge in [0.15, 0.2) is 0 Å². The molecule has 0 saturated heterocycles. The second-order valence-corrected chi connectivity index (χ2v) is 3.07. The second-order valence-electron chi connectivity index (χ2n) is 3.07. The van der Waals surface area contributed by atoms with Crippen LogP contribution in [0.25, 0.3) is 17.0 Å². The molecule has 3 N–H and O–H groups in total. The van der Waals surface area contributed by atoms with Gasteiger partial charge in [-0.05, 0) is 18.2 Å². The molecule has 2 rings (SSSR count). The fourth-order valence-corrected chi connectivity index (χ4v) is 1.28. The molecule has 1 amide bonds. The first-order valence-electron chi connectivity index (χ1n) is 4.27. The van der Waals surface area contributed by atoms with E-state index in [4.69, 9.17) is 5.73 Å². The van der Waals surface area contributed by atoms with Crippen molar-refractivity contribution in [2.45, 2.75) is 0 Å². The molecule has 0 unspecified atom stereocenters. The third-order valence-electron chi connectivity index (χ3n) is 1.98. The molecule has 76 valence electrons. The minimum absolute atomic E-state index is 0.297. The number of amides is 1. The Morgan fingerprint density at radius 3 is 3.07 bits per heavy atom. The van der Waals surface area contributed by atoms with Gasteiger partial charge in [-0.25, -0.2) is 4.39 Å². The van der Waals surface area contributed by atoms with Crippen LogP contribution in [0.15, 0.2) is 24.4 Å². The highest BCUT2D eigenvalue weighted by molar-refractivity contribution is 5.91. The molecule has 0 radical (unpaired) electrons. The number of aromatic amines is 1. The third-order valence-corrected chi connectivity index (χ3v) is 1.98. The highest BCUT2D eigenvalue weighted by Gasteiger charge is 2.03. The molecule has 0 aliphatic rings. The van der Waals surface area contributed by atoms with E-state index >= 15 is 0 Å². The molecule has 1 heterocycles. The Labute approximate surface area is 84.6 Å². The van der Waals surface area contributed by atoms with Crippen LogP contribution < -0.4 is 5.73 Å². The fraction of sp³-hybridized carbons (Fsp3) is 0. The molecule has 0 aliphatic carbocycles. The zero-order chi connectivity index (χ0) is 10.8. The standard InChI is InChI=1S/C10H8FN3O/c11-8-3-7-5-13-14-9(7)4-6(8)1-2-10(12)15/h1-5H,(H2,12,15)(H,13,14). The van der Waals surface area contributed by atoms with Crippen molar-refractivity contribution < 1.29 is 9.18 Å². The van der Waals surface area contributed by atoms with Crippen molar-refractivity contribution in [1.82, 2.24) is 10.2 Å². The molecule has 15 heavy (non-hydrogen) atoms. The molecule has 0 bridgehead atoms. The van der Waals surface area contributed by atoms with Crippen LogP contribution in [-0.2, 0) is 4.79 Å². The molecule has 5 heteroatoms. The van der Waals surface area contributed by atoms with Crippen LogP contribution in [0.5, 0.6) is 0 Å². The van der Waals surface area contributed by atoms with Gasteiger partial charge in [-0.15, -0.1) is 0 Å². The molecule has 0 fully saturated rings. The topological polar surface area (TPSA) is 71.8 Å². The predicted octanol–water partition coefficient (Wildman–Crippen LogP) is 1.20. The van der Waals surface area contributed by atoms with Gasteiger partial charge in [0.1, 0.15) is 5.82 Å². The van der Waals surface area contributed by atoms with Crippen LogP contribution in [0.1, 0.15) is 5.56 Å². The number of hydrogen-bond donors (Lipinski definition) is 2. The molecular formula is C10H8FN3O. The molecule has 4 nitrogen and oxygen atoms in total. The van der Waals surface area contributed by atoms with Crippen LogP contribution in [0, 0.1) is 5.82 Å². The first-order chi connectivity index (χ1) is 7.16. The third kappa shape index (κ3) is 1.85. The van der Waals surface area contributed by atoms with E-state index in [1.165, 1.54) is 18.3 Å². The number of carbonyl (C=O) groups is 1. The molecule has 0 saturated carbocycles. The number of primary amides is 1. The number of fused-ring (bicyclic) bond motifs is 1. The van der Waals surface area contributed by atoms with Gasteiger partial charge < -0.3 is 5.73 Å². The van der Waals surface area contributed by atoms with Crippen LogP contribution in [-0.4, -0.2) is 16.1 Å².